The number of rotatable bonds is 6. The van der Waals surface area contributed by atoms with Crippen molar-refractivity contribution in [3.05, 3.63) is 64.7 Å². The van der Waals surface area contributed by atoms with Gasteiger partial charge in [-0.3, -0.25) is 4.79 Å². The van der Waals surface area contributed by atoms with Gasteiger partial charge in [0.1, 0.15) is 0 Å². The second-order valence-corrected chi connectivity index (χ2v) is 9.92. The van der Waals surface area contributed by atoms with E-state index in [1.54, 1.807) is 19.1 Å². The Labute approximate surface area is 179 Å². The normalized spacial score (nSPS) is 16.4. The maximum absolute atomic E-state index is 13.1. The van der Waals surface area contributed by atoms with Crippen molar-refractivity contribution in [3.8, 4) is 0 Å². The van der Waals surface area contributed by atoms with Gasteiger partial charge in [0, 0.05) is 18.7 Å². The molecule has 0 spiro atoms. The van der Waals surface area contributed by atoms with Gasteiger partial charge in [-0.05, 0) is 48.6 Å². The van der Waals surface area contributed by atoms with Crippen molar-refractivity contribution in [2.45, 2.75) is 44.6 Å². The number of sulfonamides is 1. The van der Waals surface area contributed by atoms with Crippen molar-refractivity contribution in [3.63, 3.8) is 0 Å². The number of amides is 1. The predicted octanol–water partition coefficient (Wildman–Crippen LogP) is 3.63. The van der Waals surface area contributed by atoms with E-state index >= 15 is 0 Å². The van der Waals surface area contributed by atoms with Gasteiger partial charge in [0.25, 0.3) is 5.91 Å². The Bertz CT molecular complexity index is 994. The molecule has 0 saturated carbocycles. The molecule has 1 saturated heterocycles. The van der Waals surface area contributed by atoms with Crippen LogP contribution in [0.3, 0.4) is 0 Å². The third-order valence-corrected chi connectivity index (χ3v) is 7.53. The number of nitrogens with zero attached hydrogens (tertiary/aromatic N) is 1. The second-order valence-electron chi connectivity index (χ2n) is 8.01. The van der Waals surface area contributed by atoms with E-state index in [0.29, 0.717) is 43.3 Å². The van der Waals surface area contributed by atoms with E-state index < -0.39 is 10.0 Å². The number of nitrogens with one attached hydrogen (secondary N) is 1. The van der Waals surface area contributed by atoms with Gasteiger partial charge in [0.05, 0.1) is 24.2 Å². The number of carbonyl (C=O) groups excluding carboxylic acids is 1. The van der Waals surface area contributed by atoms with E-state index in [1.807, 2.05) is 19.1 Å². The molecule has 0 bridgehead atoms. The summed E-state index contributed by atoms with van der Waals surface area (Å²) >= 11 is 0. The fraction of sp³-hybridized carbons (Fsp3) is 0.435. The highest BCUT2D eigenvalue weighted by molar-refractivity contribution is 7.89. The third kappa shape index (κ3) is 4.91. The van der Waals surface area contributed by atoms with Crippen molar-refractivity contribution >= 4 is 15.9 Å². The average molecular weight is 431 g/mol. The van der Waals surface area contributed by atoms with Crippen molar-refractivity contribution in [2.75, 3.05) is 26.3 Å². The van der Waals surface area contributed by atoms with Crippen molar-refractivity contribution in [1.82, 2.24) is 9.62 Å². The topological polar surface area (TPSA) is 75.7 Å². The van der Waals surface area contributed by atoms with E-state index in [4.69, 9.17) is 4.74 Å². The quantitative estimate of drug-likeness (QED) is 0.759. The summed E-state index contributed by atoms with van der Waals surface area (Å²) < 4.78 is 32.8. The lowest BCUT2D eigenvalue weighted by Gasteiger charge is -2.27. The SMILES string of the molecule is Cc1ccc(C(=O)NC(C)c2ccc(C(C)C)cc2)cc1S(=O)(=O)N1CCOCC1. The van der Waals surface area contributed by atoms with Gasteiger partial charge >= 0.3 is 0 Å². The van der Waals surface area contributed by atoms with Crippen LogP contribution in [-0.4, -0.2) is 44.9 Å². The molecule has 0 aliphatic carbocycles. The highest BCUT2D eigenvalue weighted by Crippen LogP contribution is 2.23. The Morgan fingerprint density at radius 1 is 1.00 bits per heavy atom. The molecule has 2 aromatic carbocycles. The van der Waals surface area contributed by atoms with Crippen LogP contribution in [0, 0.1) is 6.92 Å². The smallest absolute Gasteiger partial charge is 0.251 e. The first-order valence-corrected chi connectivity index (χ1v) is 11.7. The second kappa shape index (κ2) is 9.29. The molecule has 1 aliphatic rings. The summed E-state index contributed by atoms with van der Waals surface area (Å²) in [4.78, 5) is 13.0. The number of carbonyl (C=O) groups is 1. The van der Waals surface area contributed by atoms with Crippen LogP contribution in [0.2, 0.25) is 0 Å². The summed E-state index contributed by atoms with van der Waals surface area (Å²) in [6, 6.07) is 12.8. The van der Waals surface area contributed by atoms with Gasteiger partial charge in [0.15, 0.2) is 0 Å². The Morgan fingerprint density at radius 3 is 2.20 bits per heavy atom. The molecule has 3 rings (SSSR count). The predicted molar refractivity (Wildman–Crippen MR) is 117 cm³/mol. The molecule has 7 heteroatoms. The largest absolute Gasteiger partial charge is 0.379 e. The molecule has 6 nitrogen and oxygen atoms in total. The minimum absolute atomic E-state index is 0.172. The number of ether oxygens (including phenoxy) is 1. The summed E-state index contributed by atoms with van der Waals surface area (Å²) in [5.41, 5.74) is 3.20. The molecule has 1 N–H and O–H groups in total. The lowest BCUT2D eigenvalue weighted by molar-refractivity contribution is 0.0730. The highest BCUT2D eigenvalue weighted by atomic mass is 32.2. The molecule has 1 atom stereocenters. The number of benzene rings is 2. The van der Waals surface area contributed by atoms with Crippen molar-refractivity contribution in [2.24, 2.45) is 0 Å². The summed E-state index contributed by atoms with van der Waals surface area (Å²) in [5, 5.41) is 2.97. The van der Waals surface area contributed by atoms with E-state index in [0.717, 1.165) is 5.56 Å². The van der Waals surface area contributed by atoms with Crippen LogP contribution in [0.4, 0.5) is 0 Å². The van der Waals surface area contributed by atoms with Crippen LogP contribution >= 0.6 is 0 Å². The molecule has 0 radical (unpaired) electrons. The lowest BCUT2D eigenvalue weighted by Crippen LogP contribution is -2.41. The lowest BCUT2D eigenvalue weighted by atomic mass is 9.99. The maximum Gasteiger partial charge on any atom is 0.251 e. The zero-order valence-electron chi connectivity index (χ0n) is 18.0. The van der Waals surface area contributed by atoms with Crippen molar-refractivity contribution in [1.29, 1.82) is 0 Å². The fourth-order valence-corrected chi connectivity index (χ4v) is 5.14. The fourth-order valence-electron chi connectivity index (χ4n) is 3.48. The summed E-state index contributed by atoms with van der Waals surface area (Å²) in [6.07, 6.45) is 0. The number of aryl methyl sites for hydroxylation is 1. The Kier molecular flexibility index (Phi) is 6.95. The highest BCUT2D eigenvalue weighted by Gasteiger charge is 2.28. The molecule has 1 aliphatic heterocycles. The molecule has 0 aromatic heterocycles. The van der Waals surface area contributed by atoms with Gasteiger partial charge in [-0.25, -0.2) is 8.42 Å². The van der Waals surface area contributed by atoms with Gasteiger partial charge in [-0.1, -0.05) is 44.2 Å². The van der Waals surface area contributed by atoms with Gasteiger partial charge < -0.3 is 10.1 Å². The summed E-state index contributed by atoms with van der Waals surface area (Å²) in [6.45, 7) is 9.34. The molecule has 1 heterocycles. The maximum atomic E-state index is 13.1. The Morgan fingerprint density at radius 2 is 1.60 bits per heavy atom. The summed E-state index contributed by atoms with van der Waals surface area (Å²) in [7, 11) is -3.67. The number of hydrogen-bond donors (Lipinski definition) is 1. The minimum Gasteiger partial charge on any atom is -0.379 e. The number of morpholine rings is 1. The number of hydrogen-bond acceptors (Lipinski definition) is 4. The van der Waals surface area contributed by atoms with Crippen LogP contribution in [-0.2, 0) is 14.8 Å². The zero-order valence-corrected chi connectivity index (χ0v) is 18.8. The molecule has 1 unspecified atom stereocenters. The molecular formula is C23H30N2O4S. The summed E-state index contributed by atoms with van der Waals surface area (Å²) in [5.74, 6) is 0.150. The van der Waals surface area contributed by atoms with Gasteiger partial charge in [-0.15, -0.1) is 0 Å². The van der Waals surface area contributed by atoms with Crippen LogP contribution in [0.5, 0.6) is 0 Å². The Hall–Kier alpha value is -2.22. The molecule has 1 fully saturated rings. The Balaban J connectivity index is 1.78. The van der Waals surface area contributed by atoms with Crippen LogP contribution < -0.4 is 5.32 Å². The van der Waals surface area contributed by atoms with Crippen LogP contribution in [0.25, 0.3) is 0 Å². The van der Waals surface area contributed by atoms with Gasteiger partial charge in [-0.2, -0.15) is 4.31 Å². The zero-order chi connectivity index (χ0) is 21.9. The molecular weight excluding hydrogens is 400 g/mol. The van der Waals surface area contributed by atoms with E-state index in [9.17, 15) is 13.2 Å². The standard InChI is InChI=1S/C23H30N2O4S/c1-16(2)19-7-9-20(10-8-19)18(4)24-23(26)21-6-5-17(3)22(15-21)30(27,28)25-11-13-29-14-12-25/h5-10,15-16,18H,11-14H2,1-4H3,(H,24,26). The van der Waals surface area contributed by atoms with E-state index in [2.05, 4.69) is 31.3 Å². The van der Waals surface area contributed by atoms with Crippen LogP contribution in [0.1, 0.15) is 59.8 Å². The molecule has 30 heavy (non-hydrogen) atoms. The molecule has 2 aromatic rings. The van der Waals surface area contributed by atoms with E-state index in [1.165, 1.54) is 15.9 Å². The van der Waals surface area contributed by atoms with E-state index in [-0.39, 0.29) is 16.8 Å². The van der Waals surface area contributed by atoms with Crippen LogP contribution in [0.15, 0.2) is 47.4 Å². The van der Waals surface area contributed by atoms with Crippen molar-refractivity contribution < 1.29 is 17.9 Å². The monoisotopic (exact) mass is 430 g/mol. The average Bonchev–Trinajstić information content (AvgIpc) is 2.74. The molecule has 1 amide bonds. The van der Waals surface area contributed by atoms with Gasteiger partial charge in [0.2, 0.25) is 10.0 Å². The first-order chi connectivity index (χ1) is 14.2. The first-order valence-electron chi connectivity index (χ1n) is 10.3. The minimum atomic E-state index is -3.67. The third-order valence-electron chi connectivity index (χ3n) is 5.49. The first kappa shape index (κ1) is 22.5. The molecule has 162 valence electrons.